The summed E-state index contributed by atoms with van der Waals surface area (Å²) in [6.45, 7) is 3.14. The molecule has 3 aromatic rings. The zero-order chi connectivity index (χ0) is 25.0. The molecular formula is C26H32N6O4. The van der Waals surface area contributed by atoms with Crippen molar-refractivity contribution in [3.63, 3.8) is 0 Å². The number of ketones is 1. The molecular weight excluding hydrogens is 460 g/mol. The lowest BCUT2D eigenvalue weighted by molar-refractivity contribution is -0.128. The Morgan fingerprint density at radius 1 is 1.22 bits per heavy atom. The molecule has 4 heterocycles. The van der Waals surface area contributed by atoms with Crippen LogP contribution in [0.4, 0.5) is 0 Å². The van der Waals surface area contributed by atoms with Gasteiger partial charge in [-0.2, -0.15) is 5.10 Å². The number of nitrogens with zero attached hydrogens (tertiary/aromatic N) is 6. The highest BCUT2D eigenvalue weighted by atomic mass is 16.5. The number of hydrogen-bond acceptors (Lipinski definition) is 9. The Balaban J connectivity index is 1.47. The van der Waals surface area contributed by atoms with Crippen molar-refractivity contribution in [2.45, 2.75) is 82.2 Å². The number of ether oxygens (including phenoxy) is 1. The minimum Gasteiger partial charge on any atom is -0.464 e. The zero-order valence-electron chi connectivity index (χ0n) is 21.1. The average Bonchev–Trinajstić information content (AvgIpc) is 3.62. The summed E-state index contributed by atoms with van der Waals surface area (Å²) < 4.78 is 12.7. The maximum Gasteiger partial charge on any atom is 0.359 e. The molecule has 0 N–H and O–H groups in total. The van der Waals surface area contributed by atoms with E-state index >= 15 is 0 Å². The van der Waals surface area contributed by atoms with Crippen molar-refractivity contribution in [1.29, 1.82) is 0 Å². The van der Waals surface area contributed by atoms with Crippen LogP contribution < -0.4 is 0 Å². The largest absolute Gasteiger partial charge is 0.464 e. The fourth-order valence-electron chi connectivity index (χ4n) is 6.65. The van der Waals surface area contributed by atoms with E-state index in [1.807, 2.05) is 4.68 Å². The predicted octanol–water partition coefficient (Wildman–Crippen LogP) is 3.64. The summed E-state index contributed by atoms with van der Waals surface area (Å²) in [6.07, 6.45) is 9.68. The van der Waals surface area contributed by atoms with Gasteiger partial charge in [-0.1, -0.05) is 11.6 Å². The predicted molar refractivity (Wildman–Crippen MR) is 131 cm³/mol. The van der Waals surface area contributed by atoms with Crippen molar-refractivity contribution in [1.82, 2.24) is 29.8 Å². The Labute approximate surface area is 209 Å². The van der Waals surface area contributed by atoms with Gasteiger partial charge in [-0.15, -0.1) is 0 Å². The van der Waals surface area contributed by atoms with Crippen molar-refractivity contribution >= 4 is 22.8 Å². The summed E-state index contributed by atoms with van der Waals surface area (Å²) in [4.78, 5) is 37.4. The van der Waals surface area contributed by atoms with Gasteiger partial charge in [0.05, 0.1) is 24.0 Å². The highest BCUT2D eigenvalue weighted by molar-refractivity contribution is 6.01. The fourth-order valence-corrected chi connectivity index (χ4v) is 6.65. The molecule has 0 amide bonds. The Morgan fingerprint density at radius 3 is 2.81 bits per heavy atom. The van der Waals surface area contributed by atoms with Crippen LogP contribution in [0.5, 0.6) is 0 Å². The molecule has 1 saturated carbocycles. The van der Waals surface area contributed by atoms with E-state index in [9.17, 15) is 9.59 Å². The van der Waals surface area contributed by atoms with Crippen LogP contribution in [0.3, 0.4) is 0 Å². The lowest BCUT2D eigenvalue weighted by Crippen LogP contribution is -2.41. The van der Waals surface area contributed by atoms with E-state index < -0.39 is 11.4 Å². The maximum atomic E-state index is 13.0. The number of Topliss-reactive ketones (excluding diaryl/α,β-unsaturated/α-hetero) is 1. The van der Waals surface area contributed by atoms with Crippen molar-refractivity contribution < 1.29 is 18.8 Å². The zero-order valence-corrected chi connectivity index (χ0v) is 21.1. The first-order chi connectivity index (χ1) is 17.4. The molecule has 1 aliphatic heterocycles. The van der Waals surface area contributed by atoms with E-state index in [1.54, 1.807) is 6.20 Å². The quantitative estimate of drug-likeness (QED) is 0.503. The van der Waals surface area contributed by atoms with Gasteiger partial charge in [-0.25, -0.2) is 19.4 Å². The third-order valence-corrected chi connectivity index (χ3v) is 8.60. The number of aromatic nitrogens is 5. The average molecular weight is 493 g/mol. The number of carbonyl (C=O) groups excluding carboxylic acids is 2. The number of hydrogen-bond donors (Lipinski definition) is 0. The fraction of sp³-hybridized carbons (Fsp3) is 0.615. The minimum absolute atomic E-state index is 0.00416. The van der Waals surface area contributed by atoms with Crippen molar-refractivity contribution in [3.05, 3.63) is 23.2 Å². The van der Waals surface area contributed by atoms with Crippen LogP contribution in [0.25, 0.3) is 22.6 Å². The molecule has 0 radical (unpaired) electrons. The van der Waals surface area contributed by atoms with Gasteiger partial charge in [0.15, 0.2) is 28.6 Å². The van der Waals surface area contributed by atoms with Crippen LogP contribution in [0.1, 0.15) is 86.1 Å². The molecule has 3 aliphatic rings. The van der Waals surface area contributed by atoms with Gasteiger partial charge in [-0.3, -0.25) is 4.79 Å². The lowest BCUT2D eigenvalue weighted by atomic mass is 9.64. The van der Waals surface area contributed by atoms with Gasteiger partial charge >= 0.3 is 5.97 Å². The van der Waals surface area contributed by atoms with Gasteiger partial charge in [-0.05, 0) is 65.5 Å². The van der Waals surface area contributed by atoms with Crippen molar-refractivity contribution in [2.24, 2.45) is 0 Å². The summed E-state index contributed by atoms with van der Waals surface area (Å²) in [6, 6.07) is 0.282. The maximum absolute atomic E-state index is 13.0. The standard InChI is InChI=1S/C26H32N6O4/c1-15(18-9-7-13-31(18)2)32-24-17(21(29-32)25(34)35-3)14-27-23(28-24)20-16-8-6-12-26(22(16)36-30-20)11-5-4-10-19(26)33/h14-15,18H,4-13H2,1-3H3/t15-,18-,26+/m0/s1. The summed E-state index contributed by atoms with van der Waals surface area (Å²) in [5, 5.41) is 9.60. The van der Waals surface area contributed by atoms with E-state index in [4.69, 9.17) is 14.2 Å². The number of likely N-dealkylation sites (N-methyl/N-ethyl adjacent to an activating group) is 1. The van der Waals surface area contributed by atoms with Crippen LogP contribution in [0.15, 0.2) is 10.7 Å². The molecule has 2 fully saturated rings. The highest BCUT2D eigenvalue weighted by Gasteiger charge is 2.48. The second-order valence-electron chi connectivity index (χ2n) is 10.6. The number of carbonyl (C=O) groups is 2. The molecule has 2 aliphatic carbocycles. The summed E-state index contributed by atoms with van der Waals surface area (Å²) in [7, 11) is 3.46. The first-order valence-electron chi connectivity index (χ1n) is 13.0. The normalized spacial score (nSPS) is 25.4. The second kappa shape index (κ2) is 8.76. The van der Waals surface area contributed by atoms with E-state index in [2.05, 4.69) is 34.1 Å². The topological polar surface area (TPSA) is 116 Å². The van der Waals surface area contributed by atoms with Crippen molar-refractivity contribution in [3.8, 4) is 11.5 Å². The van der Waals surface area contributed by atoms with Gasteiger partial charge in [0.25, 0.3) is 0 Å². The molecule has 0 bridgehead atoms. The molecule has 1 saturated heterocycles. The van der Waals surface area contributed by atoms with Crippen molar-refractivity contribution in [2.75, 3.05) is 20.7 Å². The summed E-state index contributed by atoms with van der Waals surface area (Å²) in [5.41, 5.74) is 1.76. The number of rotatable bonds is 4. The monoisotopic (exact) mass is 492 g/mol. The summed E-state index contributed by atoms with van der Waals surface area (Å²) >= 11 is 0. The molecule has 0 aromatic carbocycles. The molecule has 3 aromatic heterocycles. The van der Waals surface area contributed by atoms with Gasteiger partial charge < -0.3 is 14.2 Å². The van der Waals surface area contributed by atoms with Crippen LogP contribution in [0.2, 0.25) is 0 Å². The number of esters is 1. The van der Waals surface area contributed by atoms with Crippen LogP contribution >= 0.6 is 0 Å². The molecule has 0 unspecified atom stereocenters. The molecule has 1 spiro atoms. The molecule has 3 atom stereocenters. The lowest BCUT2D eigenvalue weighted by Gasteiger charge is -2.36. The van der Waals surface area contributed by atoms with E-state index in [-0.39, 0.29) is 23.6 Å². The molecule has 10 nitrogen and oxygen atoms in total. The summed E-state index contributed by atoms with van der Waals surface area (Å²) in [5.74, 6) is 0.891. The molecule has 190 valence electrons. The van der Waals surface area contributed by atoms with Gasteiger partial charge in [0, 0.05) is 24.2 Å². The second-order valence-corrected chi connectivity index (χ2v) is 10.6. The first-order valence-corrected chi connectivity index (χ1v) is 13.0. The Kier molecular flexibility index (Phi) is 5.66. The number of methoxy groups -OCH3 is 1. The van der Waals surface area contributed by atoms with Gasteiger partial charge in [0.1, 0.15) is 5.78 Å². The van der Waals surface area contributed by atoms with E-state index in [1.165, 1.54) is 7.11 Å². The molecule has 6 rings (SSSR count). The number of likely N-dealkylation sites (tertiary alicyclic amines) is 1. The molecule has 36 heavy (non-hydrogen) atoms. The van der Waals surface area contributed by atoms with E-state index in [0.29, 0.717) is 34.7 Å². The van der Waals surface area contributed by atoms with Gasteiger partial charge in [0.2, 0.25) is 0 Å². The van der Waals surface area contributed by atoms with E-state index in [0.717, 1.165) is 63.5 Å². The van der Waals surface area contributed by atoms with Crippen LogP contribution in [0, 0.1) is 0 Å². The van der Waals surface area contributed by atoms with Crippen LogP contribution in [-0.4, -0.2) is 68.3 Å². The Hall–Kier alpha value is -3.14. The minimum atomic E-state index is -0.553. The first kappa shape index (κ1) is 23.3. The SMILES string of the molecule is COC(=O)c1nn([C@@H](C)[C@@H]2CCCN2C)c2nc(-c3noc4c3CCC[C@@]43CCCCC3=O)ncc12. The third-order valence-electron chi connectivity index (χ3n) is 8.60. The Bertz CT molecular complexity index is 1350. The van der Waals surface area contributed by atoms with Crippen LogP contribution in [-0.2, 0) is 21.4 Å². The molecule has 10 heteroatoms. The smallest absolute Gasteiger partial charge is 0.359 e. The Morgan fingerprint density at radius 2 is 2.06 bits per heavy atom. The highest BCUT2D eigenvalue weighted by Crippen LogP contribution is 2.47. The third kappa shape index (κ3) is 3.41. The number of fused-ring (bicyclic) bond motifs is 3.